The van der Waals surface area contributed by atoms with Gasteiger partial charge in [0.25, 0.3) is 5.91 Å². The van der Waals surface area contributed by atoms with Gasteiger partial charge in [0.15, 0.2) is 22.9 Å². The summed E-state index contributed by atoms with van der Waals surface area (Å²) in [5.41, 5.74) is -0.223. The van der Waals surface area contributed by atoms with Crippen molar-refractivity contribution in [2.75, 3.05) is 12.1 Å². The molecule has 0 saturated heterocycles. The van der Waals surface area contributed by atoms with Gasteiger partial charge < -0.3 is 19.9 Å². The van der Waals surface area contributed by atoms with Crippen LogP contribution in [0, 0.1) is 0 Å². The first-order valence-electron chi connectivity index (χ1n) is 7.90. The first kappa shape index (κ1) is 16.8. The summed E-state index contributed by atoms with van der Waals surface area (Å²) < 4.78 is 11.3. The average molecular weight is 416 g/mol. The highest BCUT2D eigenvalue weighted by Crippen LogP contribution is 2.40. The molecular formula is C19H14BrNO5. The molecule has 0 radical (unpaired) electrons. The van der Waals surface area contributed by atoms with Crippen molar-refractivity contribution in [3.8, 4) is 11.5 Å². The molecule has 6 nitrogen and oxygen atoms in total. The van der Waals surface area contributed by atoms with Crippen molar-refractivity contribution in [3.05, 3.63) is 58.1 Å². The number of amides is 1. The van der Waals surface area contributed by atoms with Crippen molar-refractivity contribution in [2.24, 2.45) is 0 Å². The molecule has 0 aromatic heterocycles. The van der Waals surface area contributed by atoms with Crippen LogP contribution < -0.4 is 14.8 Å². The normalized spacial score (nSPS) is 20.3. The number of anilines is 1. The first-order valence-corrected chi connectivity index (χ1v) is 8.69. The molecule has 2 N–H and O–H groups in total. The van der Waals surface area contributed by atoms with Crippen molar-refractivity contribution in [1.29, 1.82) is 0 Å². The monoisotopic (exact) mass is 415 g/mol. The van der Waals surface area contributed by atoms with Gasteiger partial charge >= 0.3 is 0 Å². The molecule has 1 unspecified atom stereocenters. The molecule has 26 heavy (non-hydrogen) atoms. The van der Waals surface area contributed by atoms with Gasteiger partial charge in [-0.25, -0.2) is 0 Å². The molecule has 132 valence electrons. The molecule has 4 rings (SSSR count). The van der Waals surface area contributed by atoms with Gasteiger partial charge in [-0.05, 0) is 42.0 Å². The lowest BCUT2D eigenvalue weighted by Gasteiger charge is -2.19. The van der Waals surface area contributed by atoms with E-state index in [1.165, 1.54) is 6.08 Å². The number of benzene rings is 2. The zero-order valence-electron chi connectivity index (χ0n) is 13.5. The van der Waals surface area contributed by atoms with Gasteiger partial charge in [-0.15, -0.1) is 0 Å². The van der Waals surface area contributed by atoms with Crippen molar-refractivity contribution in [3.63, 3.8) is 0 Å². The highest BCUT2D eigenvalue weighted by molar-refractivity contribution is 9.10. The smallest absolute Gasteiger partial charge is 0.261 e. The fraction of sp³-hybridized carbons (Fsp3) is 0.158. The van der Waals surface area contributed by atoms with Gasteiger partial charge in [-0.1, -0.05) is 28.1 Å². The summed E-state index contributed by atoms with van der Waals surface area (Å²) in [6, 6.07) is 10.4. The molecule has 0 saturated carbocycles. The van der Waals surface area contributed by atoms with Crippen molar-refractivity contribution in [2.45, 2.75) is 12.0 Å². The number of rotatable bonds is 4. The van der Waals surface area contributed by atoms with E-state index in [0.717, 1.165) is 10.0 Å². The Labute approximate surface area is 157 Å². The van der Waals surface area contributed by atoms with E-state index in [1.54, 1.807) is 42.5 Å². The Balaban J connectivity index is 1.53. The number of allylic oxidation sites excluding steroid dienone is 1. The summed E-state index contributed by atoms with van der Waals surface area (Å²) in [6.07, 6.45) is 2.62. The van der Waals surface area contributed by atoms with Gasteiger partial charge in [0.05, 0.1) is 6.42 Å². The molecule has 1 amide bonds. The summed E-state index contributed by atoms with van der Waals surface area (Å²) in [5, 5.41) is 13.4. The van der Waals surface area contributed by atoms with Crippen LogP contribution in [0.1, 0.15) is 17.5 Å². The predicted octanol–water partition coefficient (Wildman–Crippen LogP) is 2.99. The molecule has 2 aliphatic rings. The van der Waals surface area contributed by atoms with Crippen LogP contribution in [-0.4, -0.2) is 23.6 Å². The maximum Gasteiger partial charge on any atom is 0.261 e. The lowest BCUT2D eigenvalue weighted by atomic mass is 9.90. The van der Waals surface area contributed by atoms with Crippen LogP contribution in [0.2, 0.25) is 0 Å². The van der Waals surface area contributed by atoms with Crippen LogP contribution in [0.5, 0.6) is 11.5 Å². The number of ketones is 1. The molecule has 7 heteroatoms. The maximum absolute atomic E-state index is 12.4. The molecule has 0 spiro atoms. The van der Waals surface area contributed by atoms with Gasteiger partial charge in [-0.2, -0.15) is 0 Å². The molecule has 1 atom stereocenters. The van der Waals surface area contributed by atoms with Crippen molar-refractivity contribution < 1.29 is 24.2 Å². The number of aliphatic hydroxyl groups is 1. The minimum Gasteiger partial charge on any atom is -0.454 e. The number of carbonyl (C=O) groups excluding carboxylic acids is 2. The quantitative estimate of drug-likeness (QED) is 0.749. The third-order valence-corrected chi connectivity index (χ3v) is 4.83. The lowest BCUT2D eigenvalue weighted by Crippen LogP contribution is -2.36. The standard InChI is InChI=1S/C19H14BrNO5/c20-12-3-5-15-14(8-12)19(24,18(23)21-15)9-13(22)4-1-11-2-6-16-17(7-11)26-10-25-16/h1-8,24H,9-10H2,(H,21,23)/b4-1-. The Morgan fingerprint density at radius 2 is 2.04 bits per heavy atom. The van der Waals surface area contributed by atoms with Crippen molar-refractivity contribution in [1.82, 2.24) is 0 Å². The molecule has 2 aliphatic heterocycles. The van der Waals surface area contributed by atoms with Gasteiger partial charge in [-0.3, -0.25) is 9.59 Å². The summed E-state index contributed by atoms with van der Waals surface area (Å²) in [6.45, 7) is 0.179. The van der Waals surface area contributed by atoms with E-state index in [2.05, 4.69) is 21.2 Å². The van der Waals surface area contributed by atoms with Crippen LogP contribution >= 0.6 is 15.9 Å². The largest absolute Gasteiger partial charge is 0.454 e. The Morgan fingerprint density at radius 1 is 1.23 bits per heavy atom. The second-order valence-electron chi connectivity index (χ2n) is 6.09. The SMILES string of the molecule is O=C(/C=C\c1ccc2c(c1)OCO2)CC1(O)C(=O)Nc2ccc(Br)cc21. The Bertz CT molecular complexity index is 955. The first-order chi connectivity index (χ1) is 12.5. The molecule has 2 heterocycles. The van der Waals surface area contributed by atoms with E-state index in [-0.39, 0.29) is 19.0 Å². The fourth-order valence-corrected chi connectivity index (χ4v) is 3.37. The van der Waals surface area contributed by atoms with Gasteiger partial charge in [0.2, 0.25) is 6.79 Å². The minimum absolute atomic E-state index is 0.179. The molecule has 0 bridgehead atoms. The number of ether oxygens (including phenoxy) is 2. The number of hydrogen-bond acceptors (Lipinski definition) is 5. The summed E-state index contributed by atoms with van der Waals surface area (Å²) in [4.78, 5) is 24.6. The zero-order chi connectivity index (χ0) is 18.3. The Kier molecular flexibility index (Phi) is 4.05. The second-order valence-corrected chi connectivity index (χ2v) is 7.01. The number of fused-ring (bicyclic) bond motifs is 2. The number of nitrogens with one attached hydrogen (secondary N) is 1. The van der Waals surface area contributed by atoms with E-state index in [4.69, 9.17) is 9.47 Å². The third-order valence-electron chi connectivity index (χ3n) is 4.34. The van der Waals surface area contributed by atoms with E-state index in [9.17, 15) is 14.7 Å². The molecule has 0 fully saturated rings. The van der Waals surface area contributed by atoms with E-state index < -0.39 is 11.5 Å². The number of halogens is 1. The summed E-state index contributed by atoms with van der Waals surface area (Å²) >= 11 is 3.32. The zero-order valence-corrected chi connectivity index (χ0v) is 15.1. The van der Waals surface area contributed by atoms with Gasteiger partial charge in [0, 0.05) is 15.7 Å². The van der Waals surface area contributed by atoms with E-state index in [0.29, 0.717) is 22.7 Å². The maximum atomic E-state index is 12.4. The van der Waals surface area contributed by atoms with E-state index in [1.807, 2.05) is 0 Å². The van der Waals surface area contributed by atoms with Crippen molar-refractivity contribution >= 4 is 39.4 Å². The predicted molar refractivity (Wildman–Crippen MR) is 97.9 cm³/mol. The average Bonchev–Trinajstić information content (AvgIpc) is 3.17. The summed E-state index contributed by atoms with van der Waals surface area (Å²) in [7, 11) is 0. The van der Waals surface area contributed by atoms with Gasteiger partial charge in [0.1, 0.15) is 0 Å². The van der Waals surface area contributed by atoms with Crippen LogP contribution in [0.15, 0.2) is 46.9 Å². The summed E-state index contributed by atoms with van der Waals surface area (Å²) in [5.74, 6) is 0.309. The number of carbonyl (C=O) groups is 2. The Hall–Kier alpha value is -2.64. The highest BCUT2D eigenvalue weighted by Gasteiger charge is 2.46. The Morgan fingerprint density at radius 3 is 2.88 bits per heavy atom. The van der Waals surface area contributed by atoms with Crippen LogP contribution in [-0.2, 0) is 15.2 Å². The third kappa shape index (κ3) is 2.89. The van der Waals surface area contributed by atoms with Crippen LogP contribution in [0.3, 0.4) is 0 Å². The van der Waals surface area contributed by atoms with E-state index >= 15 is 0 Å². The van der Waals surface area contributed by atoms with Crippen LogP contribution in [0.4, 0.5) is 5.69 Å². The molecule has 2 aromatic carbocycles. The lowest BCUT2D eigenvalue weighted by molar-refractivity contribution is -0.138. The topological polar surface area (TPSA) is 84.9 Å². The highest BCUT2D eigenvalue weighted by atomic mass is 79.9. The minimum atomic E-state index is -1.88. The molecular weight excluding hydrogens is 402 g/mol. The molecule has 0 aliphatic carbocycles. The second kappa shape index (κ2) is 6.26. The fourth-order valence-electron chi connectivity index (χ4n) is 3.01. The molecule has 2 aromatic rings. The number of hydrogen-bond donors (Lipinski definition) is 2. The van der Waals surface area contributed by atoms with Crippen LogP contribution in [0.25, 0.3) is 6.08 Å².